The lowest BCUT2D eigenvalue weighted by atomic mass is 10.2. The summed E-state index contributed by atoms with van der Waals surface area (Å²) in [6, 6.07) is 7.32. The van der Waals surface area contributed by atoms with Gasteiger partial charge in [-0.25, -0.2) is 0 Å². The number of rotatable bonds is 5. The van der Waals surface area contributed by atoms with Gasteiger partial charge in [-0.15, -0.1) is 0 Å². The van der Waals surface area contributed by atoms with Crippen LogP contribution in [0, 0.1) is 0 Å². The van der Waals surface area contributed by atoms with Gasteiger partial charge in [0.15, 0.2) is 0 Å². The van der Waals surface area contributed by atoms with E-state index < -0.39 is 6.10 Å². The molecule has 2 heterocycles. The highest BCUT2D eigenvalue weighted by molar-refractivity contribution is 6.35. The molecule has 0 amide bonds. The maximum Gasteiger partial charge on any atom is 0.145 e. The third kappa shape index (κ3) is 3.67. The van der Waals surface area contributed by atoms with Crippen molar-refractivity contribution < 1.29 is 14.6 Å². The van der Waals surface area contributed by atoms with Crippen molar-refractivity contribution in [3.63, 3.8) is 0 Å². The average Bonchev–Trinajstić information content (AvgIpc) is 2.55. The summed E-state index contributed by atoms with van der Waals surface area (Å²) >= 11 is 6.16. The van der Waals surface area contributed by atoms with Gasteiger partial charge in [-0.3, -0.25) is 9.88 Å². The van der Waals surface area contributed by atoms with Crippen LogP contribution in [0.2, 0.25) is 5.02 Å². The summed E-state index contributed by atoms with van der Waals surface area (Å²) in [4.78, 5) is 6.49. The second-order valence-corrected chi connectivity index (χ2v) is 5.73. The van der Waals surface area contributed by atoms with Crippen LogP contribution in [0.15, 0.2) is 30.5 Å². The highest BCUT2D eigenvalue weighted by atomic mass is 35.5. The van der Waals surface area contributed by atoms with Gasteiger partial charge in [0.25, 0.3) is 0 Å². The molecule has 0 bridgehead atoms. The minimum Gasteiger partial charge on any atom is -0.489 e. The van der Waals surface area contributed by atoms with Gasteiger partial charge in [0.2, 0.25) is 0 Å². The number of nitrogens with zero attached hydrogens (tertiary/aromatic N) is 2. The summed E-state index contributed by atoms with van der Waals surface area (Å²) in [5.41, 5.74) is 0.716. The van der Waals surface area contributed by atoms with Crippen molar-refractivity contribution in [2.45, 2.75) is 6.10 Å². The second-order valence-electron chi connectivity index (χ2n) is 5.32. The van der Waals surface area contributed by atoms with Gasteiger partial charge in [-0.1, -0.05) is 11.6 Å². The molecule has 6 heteroatoms. The first-order valence-corrected chi connectivity index (χ1v) is 7.76. The van der Waals surface area contributed by atoms with E-state index >= 15 is 0 Å². The molecule has 118 valence electrons. The van der Waals surface area contributed by atoms with Crippen LogP contribution in [0.25, 0.3) is 10.9 Å². The van der Waals surface area contributed by atoms with Gasteiger partial charge in [0.1, 0.15) is 24.0 Å². The van der Waals surface area contributed by atoms with E-state index in [2.05, 4.69) is 9.88 Å². The Balaban J connectivity index is 1.62. The Kier molecular flexibility index (Phi) is 5.10. The lowest BCUT2D eigenvalue weighted by Gasteiger charge is -2.28. The molecule has 0 unspecified atom stereocenters. The van der Waals surface area contributed by atoms with E-state index in [1.54, 1.807) is 18.3 Å². The number of aliphatic hydroxyl groups is 1. The van der Waals surface area contributed by atoms with E-state index in [4.69, 9.17) is 21.1 Å². The zero-order valence-electron chi connectivity index (χ0n) is 12.2. The second kappa shape index (κ2) is 7.24. The number of benzene rings is 1. The van der Waals surface area contributed by atoms with Crippen molar-refractivity contribution in [2.75, 3.05) is 39.5 Å². The number of β-amino-alcohol motifs (C(OH)–C–C–N with tert-alkyl or cyclic N) is 1. The minimum atomic E-state index is -0.549. The Morgan fingerprint density at radius 2 is 2.14 bits per heavy atom. The first kappa shape index (κ1) is 15.5. The Hall–Kier alpha value is -1.40. The monoisotopic (exact) mass is 322 g/mol. The van der Waals surface area contributed by atoms with Gasteiger partial charge in [-0.05, 0) is 24.3 Å². The number of aliphatic hydroxyl groups excluding tert-OH is 1. The lowest BCUT2D eigenvalue weighted by molar-refractivity contribution is 0.00478. The SMILES string of the molecule is O[C@@H](COc1ccc(Cl)c2cccnc12)CN1CCOCC1. The molecule has 1 N–H and O–H groups in total. The van der Waals surface area contributed by atoms with E-state index in [0.29, 0.717) is 22.8 Å². The van der Waals surface area contributed by atoms with Crippen LogP contribution in [-0.2, 0) is 4.74 Å². The van der Waals surface area contributed by atoms with E-state index in [1.165, 1.54) is 0 Å². The van der Waals surface area contributed by atoms with Crippen molar-refractivity contribution in [3.05, 3.63) is 35.5 Å². The predicted octanol–water partition coefficient (Wildman–Crippen LogP) is 1.96. The Morgan fingerprint density at radius 3 is 2.95 bits per heavy atom. The topological polar surface area (TPSA) is 54.8 Å². The summed E-state index contributed by atoms with van der Waals surface area (Å²) in [6.07, 6.45) is 1.16. The summed E-state index contributed by atoms with van der Waals surface area (Å²) in [5, 5.41) is 11.6. The van der Waals surface area contributed by atoms with E-state index in [1.807, 2.05) is 12.1 Å². The number of morpholine rings is 1. The van der Waals surface area contributed by atoms with Crippen LogP contribution >= 0.6 is 11.6 Å². The van der Waals surface area contributed by atoms with Crippen molar-refractivity contribution in [1.29, 1.82) is 0 Å². The quantitative estimate of drug-likeness (QED) is 0.912. The van der Waals surface area contributed by atoms with Crippen molar-refractivity contribution in [2.24, 2.45) is 0 Å². The highest BCUT2D eigenvalue weighted by Gasteiger charge is 2.16. The van der Waals surface area contributed by atoms with Gasteiger partial charge < -0.3 is 14.6 Å². The molecule has 1 atom stereocenters. The van der Waals surface area contributed by atoms with Crippen molar-refractivity contribution >= 4 is 22.5 Å². The molecule has 1 aliphatic heterocycles. The Morgan fingerprint density at radius 1 is 1.32 bits per heavy atom. The van der Waals surface area contributed by atoms with E-state index in [9.17, 15) is 5.11 Å². The normalized spacial score (nSPS) is 17.5. The number of fused-ring (bicyclic) bond motifs is 1. The van der Waals surface area contributed by atoms with Crippen LogP contribution in [0.4, 0.5) is 0 Å². The van der Waals surface area contributed by atoms with Crippen LogP contribution in [0.3, 0.4) is 0 Å². The fourth-order valence-electron chi connectivity index (χ4n) is 2.55. The zero-order valence-corrected chi connectivity index (χ0v) is 13.0. The molecule has 1 aromatic heterocycles. The molecular formula is C16H19ClN2O3. The first-order chi connectivity index (χ1) is 10.7. The minimum absolute atomic E-state index is 0.227. The Labute approximate surface area is 134 Å². The molecule has 1 aliphatic rings. The fourth-order valence-corrected chi connectivity index (χ4v) is 2.76. The third-order valence-corrected chi connectivity index (χ3v) is 4.01. The van der Waals surface area contributed by atoms with Crippen LogP contribution in [0.5, 0.6) is 5.75 Å². The molecule has 3 rings (SSSR count). The molecule has 0 saturated carbocycles. The van der Waals surface area contributed by atoms with Crippen molar-refractivity contribution in [3.8, 4) is 5.75 Å². The third-order valence-electron chi connectivity index (χ3n) is 3.68. The van der Waals surface area contributed by atoms with Gasteiger partial charge in [-0.2, -0.15) is 0 Å². The number of ether oxygens (including phenoxy) is 2. The molecule has 1 aromatic carbocycles. The highest BCUT2D eigenvalue weighted by Crippen LogP contribution is 2.29. The number of pyridine rings is 1. The summed E-state index contributed by atoms with van der Waals surface area (Å²) in [7, 11) is 0. The maximum atomic E-state index is 10.1. The molecule has 0 spiro atoms. The Bertz CT molecular complexity index is 632. The first-order valence-electron chi connectivity index (χ1n) is 7.38. The zero-order chi connectivity index (χ0) is 15.4. The summed E-state index contributed by atoms with van der Waals surface area (Å²) in [6.45, 7) is 3.95. The number of aromatic nitrogens is 1. The molecule has 1 saturated heterocycles. The molecule has 0 radical (unpaired) electrons. The molecule has 2 aromatic rings. The number of hydrogen-bond donors (Lipinski definition) is 1. The van der Waals surface area contributed by atoms with Crippen LogP contribution in [-0.4, -0.2) is 60.5 Å². The standard InChI is InChI=1S/C16H19ClN2O3/c17-14-3-4-15(16-13(14)2-1-5-18-16)22-11-12(20)10-19-6-8-21-9-7-19/h1-5,12,20H,6-11H2/t12-/m1/s1. The van der Waals surface area contributed by atoms with E-state index in [0.717, 1.165) is 31.7 Å². The summed E-state index contributed by atoms with van der Waals surface area (Å²) < 4.78 is 11.0. The largest absolute Gasteiger partial charge is 0.489 e. The molecule has 1 fully saturated rings. The average molecular weight is 323 g/mol. The maximum absolute atomic E-state index is 10.1. The van der Waals surface area contributed by atoms with Crippen LogP contribution in [0.1, 0.15) is 0 Å². The fraction of sp³-hybridized carbons (Fsp3) is 0.438. The van der Waals surface area contributed by atoms with Crippen LogP contribution < -0.4 is 4.74 Å². The number of hydrogen-bond acceptors (Lipinski definition) is 5. The van der Waals surface area contributed by atoms with E-state index in [-0.39, 0.29) is 6.61 Å². The summed E-state index contributed by atoms with van der Waals surface area (Å²) in [5.74, 6) is 0.640. The van der Waals surface area contributed by atoms with Gasteiger partial charge in [0.05, 0.1) is 18.2 Å². The van der Waals surface area contributed by atoms with Crippen molar-refractivity contribution in [1.82, 2.24) is 9.88 Å². The molecule has 0 aliphatic carbocycles. The molecule has 5 nitrogen and oxygen atoms in total. The molecular weight excluding hydrogens is 304 g/mol. The van der Waals surface area contributed by atoms with Gasteiger partial charge >= 0.3 is 0 Å². The van der Waals surface area contributed by atoms with Gasteiger partial charge in [0, 0.05) is 31.2 Å². The number of halogens is 1. The molecule has 22 heavy (non-hydrogen) atoms. The lowest BCUT2D eigenvalue weighted by Crippen LogP contribution is -2.42. The smallest absolute Gasteiger partial charge is 0.145 e. The predicted molar refractivity (Wildman–Crippen MR) is 85.5 cm³/mol.